The van der Waals surface area contributed by atoms with Gasteiger partial charge in [-0.25, -0.2) is 0 Å². The zero-order chi connectivity index (χ0) is 20.1. The maximum Gasteiger partial charge on any atom is 0.265 e. The molecule has 1 aliphatic heterocycles. The molecule has 0 aromatic heterocycles. The fraction of sp³-hybridized carbons (Fsp3) is 0.391. The second-order valence-electron chi connectivity index (χ2n) is 7.77. The number of carbonyl (C=O) groups excluding carboxylic acids is 2. The molecule has 2 aromatic rings. The second kappa shape index (κ2) is 8.46. The van der Waals surface area contributed by atoms with Gasteiger partial charge in [0.05, 0.1) is 5.69 Å². The molecule has 148 valence electrons. The van der Waals surface area contributed by atoms with Gasteiger partial charge >= 0.3 is 0 Å². The van der Waals surface area contributed by atoms with Crippen LogP contribution >= 0.6 is 0 Å². The summed E-state index contributed by atoms with van der Waals surface area (Å²) in [6.45, 7) is 6.97. The Balaban J connectivity index is 1.69. The minimum Gasteiger partial charge on any atom is -0.482 e. The zero-order valence-electron chi connectivity index (χ0n) is 16.8. The summed E-state index contributed by atoms with van der Waals surface area (Å²) in [6, 6.07) is 15.9. The van der Waals surface area contributed by atoms with E-state index < -0.39 is 0 Å². The van der Waals surface area contributed by atoms with Crippen molar-refractivity contribution in [3.05, 3.63) is 59.7 Å². The fourth-order valence-corrected chi connectivity index (χ4v) is 3.19. The summed E-state index contributed by atoms with van der Waals surface area (Å²) in [5.41, 5.74) is 2.95. The average molecular weight is 380 g/mol. The van der Waals surface area contributed by atoms with Crippen LogP contribution in [0.15, 0.2) is 48.5 Å². The Morgan fingerprint density at radius 2 is 1.93 bits per heavy atom. The van der Waals surface area contributed by atoms with Crippen LogP contribution in [0.25, 0.3) is 0 Å². The first-order chi connectivity index (χ1) is 13.4. The van der Waals surface area contributed by atoms with Crippen molar-refractivity contribution in [2.45, 2.75) is 39.0 Å². The quantitative estimate of drug-likeness (QED) is 0.800. The van der Waals surface area contributed by atoms with E-state index in [4.69, 9.17) is 4.74 Å². The Labute approximate surface area is 166 Å². The number of hydrogen-bond donors (Lipinski definition) is 1. The number of amides is 2. The van der Waals surface area contributed by atoms with Crippen molar-refractivity contribution >= 4 is 17.5 Å². The molecule has 0 radical (unpaired) electrons. The van der Waals surface area contributed by atoms with E-state index in [9.17, 15) is 9.59 Å². The first-order valence-corrected chi connectivity index (χ1v) is 9.79. The van der Waals surface area contributed by atoms with Gasteiger partial charge in [-0.1, -0.05) is 57.2 Å². The van der Waals surface area contributed by atoms with Crippen LogP contribution in [-0.2, 0) is 21.4 Å². The zero-order valence-corrected chi connectivity index (χ0v) is 16.8. The highest BCUT2D eigenvalue weighted by molar-refractivity contribution is 6.02. The summed E-state index contributed by atoms with van der Waals surface area (Å²) >= 11 is 0. The van der Waals surface area contributed by atoms with Crippen molar-refractivity contribution in [2.75, 3.05) is 24.6 Å². The van der Waals surface area contributed by atoms with Gasteiger partial charge in [-0.05, 0) is 41.5 Å². The fourth-order valence-electron chi connectivity index (χ4n) is 3.19. The van der Waals surface area contributed by atoms with Crippen LogP contribution in [0.5, 0.6) is 5.75 Å². The van der Waals surface area contributed by atoms with Crippen LogP contribution in [0.1, 0.15) is 38.3 Å². The molecule has 0 saturated carbocycles. The average Bonchev–Trinajstić information content (AvgIpc) is 2.70. The highest BCUT2D eigenvalue weighted by Gasteiger charge is 2.29. The van der Waals surface area contributed by atoms with Crippen molar-refractivity contribution in [3.8, 4) is 5.75 Å². The molecule has 1 aliphatic rings. The molecular formula is C23H28N2O3. The molecule has 5 heteroatoms. The lowest BCUT2D eigenvalue weighted by Gasteiger charge is -2.31. The van der Waals surface area contributed by atoms with E-state index in [0.29, 0.717) is 18.0 Å². The van der Waals surface area contributed by atoms with Crippen molar-refractivity contribution in [1.29, 1.82) is 0 Å². The molecular weight excluding hydrogens is 352 g/mol. The van der Waals surface area contributed by atoms with Gasteiger partial charge < -0.3 is 10.1 Å². The molecule has 5 nitrogen and oxygen atoms in total. The third-order valence-electron chi connectivity index (χ3n) is 5.45. The molecule has 1 N–H and O–H groups in total. The van der Waals surface area contributed by atoms with E-state index in [1.165, 1.54) is 10.5 Å². The molecule has 0 bridgehead atoms. The SMILES string of the molecule is CCC(C)(C)c1ccc2c(c1)N(CC(=O)NCCc1ccccc1)C(=O)CO2. The van der Waals surface area contributed by atoms with E-state index in [2.05, 4.69) is 26.1 Å². The maximum atomic E-state index is 12.4. The Kier molecular flexibility index (Phi) is 6.02. The second-order valence-corrected chi connectivity index (χ2v) is 7.77. The van der Waals surface area contributed by atoms with Gasteiger partial charge in [0.1, 0.15) is 12.3 Å². The van der Waals surface area contributed by atoms with Gasteiger partial charge in [-0.15, -0.1) is 0 Å². The number of ether oxygens (including phenoxy) is 1. The van der Waals surface area contributed by atoms with E-state index in [1.54, 1.807) is 0 Å². The van der Waals surface area contributed by atoms with Gasteiger partial charge in [0, 0.05) is 6.54 Å². The first-order valence-electron chi connectivity index (χ1n) is 9.79. The number of nitrogens with zero attached hydrogens (tertiary/aromatic N) is 1. The smallest absolute Gasteiger partial charge is 0.265 e. The summed E-state index contributed by atoms with van der Waals surface area (Å²) in [4.78, 5) is 26.4. The molecule has 28 heavy (non-hydrogen) atoms. The summed E-state index contributed by atoms with van der Waals surface area (Å²) in [6.07, 6.45) is 1.73. The summed E-state index contributed by atoms with van der Waals surface area (Å²) in [5, 5.41) is 2.91. The highest BCUT2D eigenvalue weighted by atomic mass is 16.5. The van der Waals surface area contributed by atoms with Gasteiger partial charge in [-0.3, -0.25) is 14.5 Å². The standard InChI is InChI=1S/C23H28N2O3/c1-4-23(2,3)18-10-11-20-19(14-18)25(22(27)16-28-20)15-21(26)24-13-12-17-8-6-5-7-9-17/h5-11,14H,4,12-13,15-16H2,1-3H3,(H,24,26). The Morgan fingerprint density at radius 1 is 1.18 bits per heavy atom. The van der Waals surface area contributed by atoms with Gasteiger partial charge in [0.25, 0.3) is 5.91 Å². The molecule has 0 saturated heterocycles. The molecule has 2 aromatic carbocycles. The predicted octanol–water partition coefficient (Wildman–Crippen LogP) is 3.46. The number of fused-ring (bicyclic) bond motifs is 1. The molecule has 2 amide bonds. The van der Waals surface area contributed by atoms with Gasteiger partial charge in [0.2, 0.25) is 5.91 Å². The molecule has 1 heterocycles. The molecule has 3 rings (SSSR count). The Morgan fingerprint density at radius 3 is 2.64 bits per heavy atom. The summed E-state index contributed by atoms with van der Waals surface area (Å²) in [7, 11) is 0. The minimum atomic E-state index is -0.197. The molecule has 0 aliphatic carbocycles. The van der Waals surface area contributed by atoms with E-state index in [-0.39, 0.29) is 30.4 Å². The lowest BCUT2D eigenvalue weighted by molar-refractivity contribution is -0.125. The first kappa shape index (κ1) is 19.9. The van der Waals surface area contributed by atoms with Crippen LogP contribution in [0.3, 0.4) is 0 Å². The number of anilines is 1. The van der Waals surface area contributed by atoms with Crippen LogP contribution in [-0.4, -0.2) is 31.5 Å². The lowest BCUT2D eigenvalue weighted by Crippen LogP contribution is -2.45. The Bertz CT molecular complexity index is 846. The minimum absolute atomic E-state index is 0.00001000. The lowest BCUT2D eigenvalue weighted by atomic mass is 9.82. The summed E-state index contributed by atoms with van der Waals surface area (Å²) < 4.78 is 5.56. The molecule has 0 unspecified atom stereocenters. The number of nitrogens with one attached hydrogen (secondary N) is 1. The predicted molar refractivity (Wildman–Crippen MR) is 111 cm³/mol. The number of carbonyl (C=O) groups is 2. The third kappa shape index (κ3) is 4.53. The highest BCUT2D eigenvalue weighted by Crippen LogP contribution is 2.37. The van der Waals surface area contributed by atoms with Crippen LogP contribution in [0, 0.1) is 0 Å². The Hall–Kier alpha value is -2.82. The number of benzene rings is 2. The normalized spacial score (nSPS) is 13.7. The van der Waals surface area contributed by atoms with E-state index in [0.717, 1.165) is 18.4 Å². The van der Waals surface area contributed by atoms with Crippen LogP contribution < -0.4 is 15.0 Å². The third-order valence-corrected chi connectivity index (χ3v) is 5.45. The van der Waals surface area contributed by atoms with Crippen molar-refractivity contribution in [1.82, 2.24) is 5.32 Å². The largest absolute Gasteiger partial charge is 0.482 e. The van der Waals surface area contributed by atoms with Gasteiger partial charge in [-0.2, -0.15) is 0 Å². The topological polar surface area (TPSA) is 58.6 Å². The molecule has 0 fully saturated rings. The van der Waals surface area contributed by atoms with Gasteiger partial charge in [0.15, 0.2) is 6.61 Å². The number of hydrogen-bond acceptors (Lipinski definition) is 3. The molecule has 0 spiro atoms. The van der Waals surface area contributed by atoms with Crippen molar-refractivity contribution in [3.63, 3.8) is 0 Å². The van der Waals surface area contributed by atoms with Crippen LogP contribution in [0.2, 0.25) is 0 Å². The monoisotopic (exact) mass is 380 g/mol. The van der Waals surface area contributed by atoms with E-state index in [1.807, 2.05) is 48.5 Å². The van der Waals surface area contributed by atoms with E-state index >= 15 is 0 Å². The van der Waals surface area contributed by atoms with Crippen molar-refractivity contribution in [2.24, 2.45) is 0 Å². The summed E-state index contributed by atoms with van der Waals surface area (Å²) in [5.74, 6) is 0.279. The van der Waals surface area contributed by atoms with Crippen LogP contribution in [0.4, 0.5) is 5.69 Å². The molecule has 0 atom stereocenters. The number of rotatable bonds is 7. The van der Waals surface area contributed by atoms with Crippen molar-refractivity contribution < 1.29 is 14.3 Å². The maximum absolute atomic E-state index is 12.4.